The Kier molecular flexibility index (Phi) is 2.82. The third kappa shape index (κ3) is 1.89. The minimum absolute atomic E-state index is 0.960. The fourth-order valence-corrected chi connectivity index (χ4v) is 2.50. The van der Waals surface area contributed by atoms with E-state index in [0.29, 0.717) is 0 Å². The topological polar surface area (TPSA) is 24.4 Å². The standard InChI is InChI=1S/C7H5IN2S2/c8-6-3-1-5(2-4-6)7-9-11-12-10-7/h1-4H,(H,9,10). The Morgan fingerprint density at radius 2 is 2.00 bits per heavy atom. The van der Waals surface area contributed by atoms with Gasteiger partial charge in [-0.05, 0) is 34.7 Å². The summed E-state index contributed by atoms with van der Waals surface area (Å²) in [5.41, 5.74) is 1.15. The Hall–Kier alpha value is 0.120. The molecule has 0 radical (unpaired) electrons. The first-order valence-corrected chi connectivity index (χ1v) is 6.47. The van der Waals surface area contributed by atoms with Crippen LogP contribution in [-0.4, -0.2) is 5.84 Å². The predicted molar refractivity (Wildman–Crippen MR) is 64.0 cm³/mol. The highest BCUT2D eigenvalue weighted by Gasteiger charge is 2.08. The van der Waals surface area contributed by atoms with E-state index in [1.165, 1.54) is 14.6 Å². The molecular formula is C7H5IN2S2. The van der Waals surface area contributed by atoms with Crippen LogP contribution in [0.5, 0.6) is 0 Å². The highest BCUT2D eigenvalue weighted by molar-refractivity contribution is 14.1. The Morgan fingerprint density at radius 1 is 1.25 bits per heavy atom. The van der Waals surface area contributed by atoms with Crippen LogP contribution in [0.15, 0.2) is 28.7 Å². The molecule has 1 aromatic carbocycles. The molecule has 1 aromatic rings. The second-order valence-electron chi connectivity index (χ2n) is 2.21. The van der Waals surface area contributed by atoms with Gasteiger partial charge in [0.25, 0.3) is 0 Å². The molecule has 0 fully saturated rings. The molecule has 1 aliphatic heterocycles. The molecule has 0 aromatic heterocycles. The number of nitrogens with one attached hydrogen (secondary N) is 1. The van der Waals surface area contributed by atoms with E-state index < -0.39 is 0 Å². The monoisotopic (exact) mass is 308 g/mol. The number of benzene rings is 1. The first-order valence-electron chi connectivity index (χ1n) is 3.29. The summed E-state index contributed by atoms with van der Waals surface area (Å²) in [6.45, 7) is 0. The SMILES string of the molecule is Ic1ccc(C2=NSSN2)cc1. The van der Waals surface area contributed by atoms with Gasteiger partial charge in [0.15, 0.2) is 5.84 Å². The fraction of sp³-hybridized carbons (Fsp3) is 0. The van der Waals surface area contributed by atoms with Crippen LogP contribution in [0.25, 0.3) is 0 Å². The van der Waals surface area contributed by atoms with Gasteiger partial charge in [0, 0.05) is 20.1 Å². The zero-order chi connectivity index (χ0) is 8.39. The van der Waals surface area contributed by atoms with Gasteiger partial charge in [0.2, 0.25) is 0 Å². The lowest BCUT2D eigenvalue weighted by molar-refractivity contribution is 1.48. The molecule has 0 amide bonds. The van der Waals surface area contributed by atoms with Crippen LogP contribution in [0.3, 0.4) is 0 Å². The van der Waals surface area contributed by atoms with Crippen molar-refractivity contribution in [1.82, 2.24) is 4.72 Å². The number of halogens is 1. The van der Waals surface area contributed by atoms with E-state index in [4.69, 9.17) is 0 Å². The van der Waals surface area contributed by atoms with Gasteiger partial charge >= 0.3 is 0 Å². The molecule has 2 nitrogen and oxygen atoms in total. The molecule has 1 heterocycles. The average Bonchev–Trinajstić information content (AvgIpc) is 2.58. The maximum absolute atomic E-state index is 4.22. The molecule has 62 valence electrons. The molecule has 0 aliphatic carbocycles. The molecule has 1 N–H and O–H groups in total. The minimum Gasteiger partial charge on any atom is -0.303 e. The van der Waals surface area contributed by atoms with Crippen LogP contribution in [0, 0.1) is 3.57 Å². The largest absolute Gasteiger partial charge is 0.303 e. The van der Waals surface area contributed by atoms with Gasteiger partial charge in [0.1, 0.15) is 0 Å². The summed E-state index contributed by atoms with van der Waals surface area (Å²) < 4.78 is 8.58. The van der Waals surface area contributed by atoms with Crippen LogP contribution in [0.4, 0.5) is 0 Å². The molecule has 0 spiro atoms. The van der Waals surface area contributed by atoms with Gasteiger partial charge < -0.3 is 4.72 Å². The van der Waals surface area contributed by atoms with Gasteiger partial charge in [-0.15, -0.1) is 0 Å². The summed E-state index contributed by atoms with van der Waals surface area (Å²) in [4.78, 5) is 0. The lowest BCUT2D eigenvalue weighted by atomic mass is 10.2. The maximum Gasteiger partial charge on any atom is 0.152 e. The van der Waals surface area contributed by atoms with Crippen molar-refractivity contribution in [2.24, 2.45) is 4.40 Å². The number of amidine groups is 1. The first kappa shape index (κ1) is 8.71. The third-order valence-corrected chi connectivity index (χ3v) is 3.45. The van der Waals surface area contributed by atoms with E-state index in [-0.39, 0.29) is 0 Å². The Balaban J connectivity index is 2.28. The second kappa shape index (κ2) is 3.89. The van der Waals surface area contributed by atoms with Crippen molar-refractivity contribution in [3.63, 3.8) is 0 Å². The molecule has 1 aliphatic rings. The normalized spacial score (nSPS) is 15.6. The summed E-state index contributed by atoms with van der Waals surface area (Å²) in [5.74, 6) is 0.960. The van der Waals surface area contributed by atoms with Crippen molar-refractivity contribution < 1.29 is 0 Å². The van der Waals surface area contributed by atoms with Crippen molar-refractivity contribution in [2.45, 2.75) is 0 Å². The zero-order valence-electron chi connectivity index (χ0n) is 5.95. The van der Waals surface area contributed by atoms with Crippen LogP contribution in [0.1, 0.15) is 5.56 Å². The zero-order valence-corrected chi connectivity index (χ0v) is 9.74. The second-order valence-corrected chi connectivity index (χ2v) is 5.10. The Labute approximate surface area is 92.4 Å². The van der Waals surface area contributed by atoms with Gasteiger partial charge in [-0.1, -0.05) is 12.1 Å². The van der Waals surface area contributed by atoms with Gasteiger partial charge in [-0.2, -0.15) is 4.40 Å². The summed E-state index contributed by atoms with van der Waals surface area (Å²) in [7, 11) is 3.02. The van der Waals surface area contributed by atoms with Gasteiger partial charge in [-0.25, -0.2) is 0 Å². The average molecular weight is 308 g/mol. The van der Waals surface area contributed by atoms with E-state index in [1.54, 1.807) is 11.0 Å². The number of hydrogen-bond donors (Lipinski definition) is 1. The van der Waals surface area contributed by atoms with Crippen molar-refractivity contribution >= 4 is 50.4 Å². The molecule has 5 heteroatoms. The molecule has 0 unspecified atom stereocenters. The molecule has 0 bridgehead atoms. The van der Waals surface area contributed by atoms with Crippen molar-refractivity contribution in [1.29, 1.82) is 0 Å². The van der Waals surface area contributed by atoms with Crippen LogP contribution >= 0.6 is 44.6 Å². The van der Waals surface area contributed by atoms with E-state index in [1.807, 2.05) is 0 Å². The number of rotatable bonds is 1. The van der Waals surface area contributed by atoms with Crippen molar-refractivity contribution in [3.8, 4) is 0 Å². The van der Waals surface area contributed by atoms with Crippen LogP contribution < -0.4 is 4.72 Å². The molecule has 2 rings (SSSR count). The summed E-state index contributed by atoms with van der Waals surface area (Å²) in [6.07, 6.45) is 0. The lowest BCUT2D eigenvalue weighted by Crippen LogP contribution is -2.11. The number of nitrogens with zero attached hydrogens (tertiary/aromatic N) is 1. The Morgan fingerprint density at radius 3 is 2.58 bits per heavy atom. The first-order chi connectivity index (χ1) is 5.86. The highest BCUT2D eigenvalue weighted by atomic mass is 127. The Bertz CT molecular complexity index is 310. The molecule has 0 saturated heterocycles. The van der Waals surface area contributed by atoms with Crippen molar-refractivity contribution in [2.75, 3.05) is 0 Å². The number of hydrogen-bond acceptors (Lipinski definition) is 4. The van der Waals surface area contributed by atoms with Crippen molar-refractivity contribution in [3.05, 3.63) is 33.4 Å². The van der Waals surface area contributed by atoms with Crippen LogP contribution in [-0.2, 0) is 0 Å². The molecule has 0 atom stereocenters. The third-order valence-electron chi connectivity index (χ3n) is 1.42. The highest BCUT2D eigenvalue weighted by Crippen LogP contribution is 2.26. The van der Waals surface area contributed by atoms with E-state index in [9.17, 15) is 0 Å². The quantitative estimate of drug-likeness (QED) is 0.490. The van der Waals surface area contributed by atoms with E-state index in [2.05, 4.69) is 56.0 Å². The smallest absolute Gasteiger partial charge is 0.152 e. The predicted octanol–water partition coefficient (Wildman–Crippen LogP) is 2.85. The minimum atomic E-state index is 0.960. The van der Waals surface area contributed by atoms with E-state index in [0.717, 1.165) is 11.4 Å². The van der Waals surface area contributed by atoms with Crippen LogP contribution in [0.2, 0.25) is 0 Å². The molecule has 0 saturated carbocycles. The molecule has 12 heavy (non-hydrogen) atoms. The van der Waals surface area contributed by atoms with Gasteiger partial charge in [0.05, 0.1) is 11.0 Å². The lowest BCUT2D eigenvalue weighted by Gasteiger charge is -1.99. The fourth-order valence-electron chi connectivity index (χ4n) is 0.852. The van der Waals surface area contributed by atoms with Gasteiger partial charge in [-0.3, -0.25) is 0 Å². The summed E-state index contributed by atoms with van der Waals surface area (Å²) in [5, 5.41) is 0. The summed E-state index contributed by atoms with van der Waals surface area (Å²) in [6, 6.07) is 8.29. The van der Waals surface area contributed by atoms with E-state index >= 15 is 0 Å². The maximum atomic E-state index is 4.22. The summed E-state index contributed by atoms with van der Waals surface area (Å²) >= 11 is 2.29. The molecular weight excluding hydrogens is 303 g/mol.